The number of carboxylic acid groups (broad SMARTS) is 2. The standard InChI is InChI=1S/2C33H64O4.Zn/c2*1-3-5-7-9-11-13-15-17-19-21-23-25-30-33(36)37-31(28-26-29-32(34)35)27-24-22-20-18-16-14-12-10-8-6-4-2;/h2*31H,3-30H2,1-2H3,(H,34,35);/q;;+2/p-2. The van der Waals surface area contributed by atoms with Crippen molar-refractivity contribution >= 4 is 23.9 Å². The Morgan fingerprint density at radius 2 is 0.427 bits per heavy atom. The summed E-state index contributed by atoms with van der Waals surface area (Å²) < 4.78 is 11.5. The average Bonchev–Trinajstić information content (AvgIpc) is 3.37. The zero-order valence-corrected chi connectivity index (χ0v) is 53.7. The Morgan fingerprint density at radius 1 is 0.253 bits per heavy atom. The van der Waals surface area contributed by atoms with Crippen molar-refractivity contribution in [3.05, 3.63) is 0 Å². The molecule has 0 N–H and O–H groups in total. The number of carbonyl (C=O) groups is 4. The molecule has 0 radical (unpaired) electrons. The van der Waals surface area contributed by atoms with Gasteiger partial charge >= 0.3 is 31.4 Å². The predicted molar refractivity (Wildman–Crippen MR) is 311 cm³/mol. The van der Waals surface area contributed by atoms with Gasteiger partial charge in [0.05, 0.1) is 0 Å². The van der Waals surface area contributed by atoms with Crippen LogP contribution in [0.25, 0.3) is 0 Å². The number of unbranched alkanes of at least 4 members (excludes halogenated alkanes) is 42. The second-order valence-electron chi connectivity index (χ2n) is 22.7. The van der Waals surface area contributed by atoms with Crippen molar-refractivity contribution in [1.82, 2.24) is 0 Å². The fourth-order valence-electron chi connectivity index (χ4n) is 10.3. The van der Waals surface area contributed by atoms with Crippen LogP contribution in [-0.4, -0.2) is 36.1 Å². The molecule has 75 heavy (non-hydrogen) atoms. The van der Waals surface area contributed by atoms with Crippen molar-refractivity contribution in [2.24, 2.45) is 0 Å². The van der Waals surface area contributed by atoms with Gasteiger partial charge in [0, 0.05) is 24.8 Å². The van der Waals surface area contributed by atoms with Crippen molar-refractivity contribution < 1.29 is 58.3 Å². The Labute approximate surface area is 479 Å². The molecule has 0 fully saturated rings. The van der Waals surface area contributed by atoms with Gasteiger partial charge in [-0.1, -0.05) is 297 Å². The van der Waals surface area contributed by atoms with E-state index in [0.29, 0.717) is 38.5 Å². The third-order valence-electron chi connectivity index (χ3n) is 15.1. The summed E-state index contributed by atoms with van der Waals surface area (Å²) in [5.74, 6) is -2.24. The third kappa shape index (κ3) is 68.6. The van der Waals surface area contributed by atoms with Gasteiger partial charge in [0.2, 0.25) is 0 Å². The van der Waals surface area contributed by atoms with Gasteiger partial charge < -0.3 is 29.3 Å². The Balaban J connectivity index is -0.00000136. The molecule has 8 nitrogen and oxygen atoms in total. The minimum Gasteiger partial charge on any atom is -0.550 e. The SMILES string of the molecule is CCCCCCCCCCCCCCC(=O)OC(CCCCCCCCCCCCC)CCCC(=O)[O-].CCCCCCCCCCCCCCC(=O)OC(CCCCCCCCCCCCC)CCCC(=O)[O-].[Zn+2]. The van der Waals surface area contributed by atoms with E-state index in [1.807, 2.05) is 0 Å². The molecule has 0 aliphatic heterocycles. The molecule has 440 valence electrons. The smallest absolute Gasteiger partial charge is 0.550 e. The fraction of sp³-hybridized carbons (Fsp3) is 0.939. The van der Waals surface area contributed by atoms with Gasteiger partial charge in [0.15, 0.2) is 0 Å². The third-order valence-corrected chi connectivity index (χ3v) is 15.1. The van der Waals surface area contributed by atoms with E-state index in [-0.39, 0.29) is 56.5 Å². The number of rotatable bonds is 60. The monoisotopic (exact) mass is 1110 g/mol. The van der Waals surface area contributed by atoms with E-state index in [1.165, 1.54) is 257 Å². The molecule has 2 atom stereocenters. The van der Waals surface area contributed by atoms with Crippen molar-refractivity contribution in [2.75, 3.05) is 0 Å². The second-order valence-corrected chi connectivity index (χ2v) is 22.7. The van der Waals surface area contributed by atoms with Crippen LogP contribution >= 0.6 is 0 Å². The fourth-order valence-corrected chi connectivity index (χ4v) is 10.3. The molecule has 0 aliphatic rings. The maximum absolute atomic E-state index is 12.4. The summed E-state index contributed by atoms with van der Waals surface area (Å²) >= 11 is 0. The van der Waals surface area contributed by atoms with Crippen molar-refractivity contribution in [1.29, 1.82) is 0 Å². The van der Waals surface area contributed by atoms with Crippen LogP contribution in [0.3, 0.4) is 0 Å². The molecular formula is C66H126O8Zn. The number of aliphatic carboxylic acids is 2. The first-order valence-corrected chi connectivity index (χ1v) is 33.0. The number of carboxylic acids is 2. The van der Waals surface area contributed by atoms with Crippen LogP contribution in [0.4, 0.5) is 0 Å². The summed E-state index contributed by atoms with van der Waals surface area (Å²) in [5, 5.41) is 21.6. The molecular weight excluding hydrogens is 986 g/mol. The number of carbonyl (C=O) groups excluding carboxylic acids is 4. The van der Waals surface area contributed by atoms with Gasteiger partial charge in [-0.3, -0.25) is 9.59 Å². The summed E-state index contributed by atoms with van der Waals surface area (Å²) in [6.07, 6.45) is 64.1. The normalized spacial score (nSPS) is 11.9. The summed E-state index contributed by atoms with van der Waals surface area (Å²) in [7, 11) is 0. The molecule has 9 heteroatoms. The molecule has 0 saturated heterocycles. The van der Waals surface area contributed by atoms with Crippen LogP contribution in [0.5, 0.6) is 0 Å². The van der Waals surface area contributed by atoms with Crippen molar-refractivity contribution in [2.45, 2.75) is 399 Å². The maximum atomic E-state index is 12.4. The van der Waals surface area contributed by atoms with Crippen LogP contribution in [0.1, 0.15) is 387 Å². The van der Waals surface area contributed by atoms with E-state index in [2.05, 4.69) is 27.7 Å². The van der Waals surface area contributed by atoms with Gasteiger partial charge in [-0.25, -0.2) is 0 Å². The Hall–Kier alpha value is -1.50. The number of esters is 2. The molecule has 0 aromatic heterocycles. The minimum absolute atomic E-state index is 0. The molecule has 0 bridgehead atoms. The number of ether oxygens (including phenoxy) is 2. The van der Waals surface area contributed by atoms with E-state index in [4.69, 9.17) is 9.47 Å². The number of hydrogen-bond acceptors (Lipinski definition) is 8. The van der Waals surface area contributed by atoms with E-state index in [0.717, 1.165) is 51.4 Å². The summed E-state index contributed by atoms with van der Waals surface area (Å²) in [6, 6.07) is 0. The van der Waals surface area contributed by atoms with Gasteiger partial charge in [-0.05, 0) is 77.0 Å². The zero-order chi connectivity index (χ0) is 54.5. The van der Waals surface area contributed by atoms with Crippen LogP contribution in [0.15, 0.2) is 0 Å². The largest absolute Gasteiger partial charge is 2.00 e. The number of hydrogen-bond donors (Lipinski definition) is 0. The first-order valence-electron chi connectivity index (χ1n) is 33.0. The molecule has 2 unspecified atom stereocenters. The average molecular weight is 1110 g/mol. The maximum Gasteiger partial charge on any atom is 2.00 e. The Kier molecular flexibility index (Phi) is 69.2. The van der Waals surface area contributed by atoms with Gasteiger partial charge in [0.1, 0.15) is 12.2 Å². The first-order chi connectivity index (χ1) is 36.2. The van der Waals surface area contributed by atoms with Crippen LogP contribution < -0.4 is 10.2 Å². The summed E-state index contributed by atoms with van der Waals surface area (Å²) in [6.45, 7) is 9.04. The van der Waals surface area contributed by atoms with Gasteiger partial charge in [0.25, 0.3) is 0 Å². The molecule has 0 aliphatic carbocycles. The molecule has 0 heterocycles. The summed E-state index contributed by atoms with van der Waals surface area (Å²) in [4.78, 5) is 46.3. The molecule has 0 aromatic rings. The molecule has 0 amide bonds. The van der Waals surface area contributed by atoms with Gasteiger partial charge in [-0.2, -0.15) is 0 Å². The molecule has 0 saturated carbocycles. The molecule has 0 aromatic carbocycles. The molecule has 0 spiro atoms. The van der Waals surface area contributed by atoms with Crippen LogP contribution in [0, 0.1) is 0 Å². The topological polar surface area (TPSA) is 133 Å². The van der Waals surface area contributed by atoms with Crippen molar-refractivity contribution in [3.63, 3.8) is 0 Å². The zero-order valence-electron chi connectivity index (χ0n) is 50.7. The van der Waals surface area contributed by atoms with E-state index >= 15 is 0 Å². The van der Waals surface area contributed by atoms with Crippen molar-refractivity contribution in [3.8, 4) is 0 Å². The first kappa shape index (κ1) is 77.7. The Morgan fingerprint density at radius 3 is 0.627 bits per heavy atom. The van der Waals surface area contributed by atoms with E-state index in [9.17, 15) is 29.4 Å². The van der Waals surface area contributed by atoms with Crippen LogP contribution in [0.2, 0.25) is 0 Å². The Bertz CT molecular complexity index is 1080. The predicted octanol–water partition coefficient (Wildman–Crippen LogP) is 19.2. The minimum atomic E-state index is -1.02. The van der Waals surface area contributed by atoms with Gasteiger partial charge in [-0.15, -0.1) is 0 Å². The van der Waals surface area contributed by atoms with E-state index < -0.39 is 11.9 Å². The molecule has 0 rings (SSSR count). The van der Waals surface area contributed by atoms with Crippen LogP contribution in [-0.2, 0) is 48.1 Å². The quantitative estimate of drug-likeness (QED) is 0.0334. The summed E-state index contributed by atoms with van der Waals surface area (Å²) in [5.41, 5.74) is 0. The second kappa shape index (κ2) is 66.8. The van der Waals surface area contributed by atoms with E-state index in [1.54, 1.807) is 0 Å².